The number of carbonyl (C=O) groups is 2. The van der Waals surface area contributed by atoms with E-state index in [1.807, 2.05) is 59.2 Å². The van der Waals surface area contributed by atoms with Crippen molar-refractivity contribution in [3.05, 3.63) is 101 Å². The number of benzene rings is 2. The molecule has 0 radical (unpaired) electrons. The summed E-state index contributed by atoms with van der Waals surface area (Å²) in [7, 11) is 0. The normalized spacial score (nSPS) is 13.9. The van der Waals surface area contributed by atoms with Crippen LogP contribution < -0.4 is 5.56 Å². The fourth-order valence-electron chi connectivity index (χ4n) is 4.98. The number of hydrogen-bond donors (Lipinski definition) is 0. The number of nitrogens with zero attached hydrogens (tertiary/aromatic N) is 5. The Hall–Kier alpha value is -4.66. The van der Waals surface area contributed by atoms with E-state index in [1.165, 1.54) is 10.9 Å². The van der Waals surface area contributed by atoms with Gasteiger partial charge in [-0.15, -0.1) is 0 Å². The highest BCUT2D eigenvalue weighted by Gasteiger charge is 2.27. The second kappa shape index (κ2) is 9.42. The average Bonchev–Trinajstić information content (AvgIpc) is 3.58. The lowest BCUT2D eigenvalue weighted by Crippen LogP contribution is -2.51. The van der Waals surface area contributed by atoms with Crippen molar-refractivity contribution in [1.29, 1.82) is 0 Å². The molecule has 2 amide bonds. The quantitative estimate of drug-likeness (QED) is 0.374. The first-order chi connectivity index (χ1) is 18.1. The van der Waals surface area contributed by atoms with Gasteiger partial charge in [-0.2, -0.15) is 5.10 Å². The molecule has 1 saturated heterocycles. The van der Waals surface area contributed by atoms with Crippen molar-refractivity contribution in [3.63, 3.8) is 0 Å². The lowest BCUT2D eigenvalue weighted by Gasteiger charge is -2.34. The minimum absolute atomic E-state index is 0.159. The molecule has 4 heterocycles. The minimum atomic E-state index is -0.301. The number of furan rings is 1. The Balaban J connectivity index is 1.26. The highest BCUT2D eigenvalue weighted by atomic mass is 16.3. The predicted octanol–water partition coefficient (Wildman–Crippen LogP) is 2.98. The Morgan fingerprint density at radius 3 is 2.32 bits per heavy atom. The molecular formula is C28H25N5O4. The van der Waals surface area contributed by atoms with Gasteiger partial charge in [-0.25, -0.2) is 4.68 Å². The molecule has 6 rings (SSSR count). The Morgan fingerprint density at radius 1 is 0.838 bits per heavy atom. The molecule has 0 atom stereocenters. The van der Waals surface area contributed by atoms with Crippen molar-refractivity contribution >= 4 is 33.6 Å². The van der Waals surface area contributed by atoms with E-state index >= 15 is 0 Å². The number of rotatable bonds is 5. The van der Waals surface area contributed by atoms with Crippen molar-refractivity contribution < 1.29 is 14.0 Å². The molecule has 2 aromatic carbocycles. The monoisotopic (exact) mass is 495 g/mol. The zero-order valence-electron chi connectivity index (χ0n) is 20.1. The first kappa shape index (κ1) is 22.8. The van der Waals surface area contributed by atoms with Crippen molar-refractivity contribution in [3.8, 4) is 0 Å². The summed E-state index contributed by atoms with van der Waals surface area (Å²) in [6.07, 6.45) is 3.14. The first-order valence-corrected chi connectivity index (χ1v) is 12.2. The molecule has 0 N–H and O–H groups in total. The van der Waals surface area contributed by atoms with Gasteiger partial charge in [0.05, 0.1) is 12.5 Å². The van der Waals surface area contributed by atoms with E-state index in [-0.39, 0.29) is 29.7 Å². The van der Waals surface area contributed by atoms with Crippen LogP contribution in [0.4, 0.5) is 0 Å². The molecule has 9 heteroatoms. The van der Waals surface area contributed by atoms with E-state index in [1.54, 1.807) is 28.1 Å². The smallest absolute Gasteiger partial charge is 0.291 e. The summed E-state index contributed by atoms with van der Waals surface area (Å²) in [6, 6.07) is 21.2. The summed E-state index contributed by atoms with van der Waals surface area (Å²) in [5, 5.41) is 6.08. The zero-order chi connectivity index (χ0) is 25.4. The largest absolute Gasteiger partial charge is 0.459 e. The number of fused-ring (bicyclic) bond motifs is 3. The number of piperazine rings is 1. The van der Waals surface area contributed by atoms with E-state index in [9.17, 15) is 14.4 Å². The SMILES string of the molecule is O=C(Cn1ncc2c3ccccc3n(Cc3ccccc3)c2c1=O)N1CCN(C(=O)c2ccco2)CC1. The zero-order valence-corrected chi connectivity index (χ0v) is 20.1. The maximum Gasteiger partial charge on any atom is 0.291 e. The van der Waals surface area contributed by atoms with Crippen LogP contribution in [-0.4, -0.2) is 62.1 Å². The van der Waals surface area contributed by atoms with Crippen LogP contribution in [0.25, 0.3) is 21.8 Å². The summed E-state index contributed by atoms with van der Waals surface area (Å²) >= 11 is 0. The highest BCUT2D eigenvalue weighted by molar-refractivity contribution is 6.07. The van der Waals surface area contributed by atoms with Gasteiger partial charge < -0.3 is 18.8 Å². The van der Waals surface area contributed by atoms with E-state index < -0.39 is 0 Å². The molecule has 37 heavy (non-hydrogen) atoms. The van der Waals surface area contributed by atoms with Crippen molar-refractivity contribution in [2.45, 2.75) is 13.1 Å². The van der Waals surface area contributed by atoms with Gasteiger partial charge in [-0.1, -0.05) is 48.5 Å². The molecule has 5 aromatic rings. The molecule has 0 spiro atoms. The number of para-hydroxylation sites is 1. The van der Waals surface area contributed by atoms with Crippen LogP contribution >= 0.6 is 0 Å². The van der Waals surface area contributed by atoms with Crippen LogP contribution in [-0.2, 0) is 17.9 Å². The van der Waals surface area contributed by atoms with Crippen molar-refractivity contribution in [1.82, 2.24) is 24.1 Å². The summed E-state index contributed by atoms with van der Waals surface area (Å²) in [5.74, 6) is -0.105. The molecule has 1 aliphatic rings. The van der Waals surface area contributed by atoms with Gasteiger partial charge >= 0.3 is 0 Å². The molecule has 0 bridgehead atoms. The van der Waals surface area contributed by atoms with Crippen LogP contribution in [0.15, 0.2) is 88.4 Å². The lowest BCUT2D eigenvalue weighted by atomic mass is 10.2. The Morgan fingerprint density at radius 2 is 1.57 bits per heavy atom. The van der Waals surface area contributed by atoms with Crippen LogP contribution in [0.3, 0.4) is 0 Å². The first-order valence-electron chi connectivity index (χ1n) is 12.2. The van der Waals surface area contributed by atoms with Gasteiger partial charge in [0, 0.05) is 49.0 Å². The predicted molar refractivity (Wildman–Crippen MR) is 138 cm³/mol. The second-order valence-corrected chi connectivity index (χ2v) is 9.11. The van der Waals surface area contributed by atoms with Crippen LogP contribution in [0.1, 0.15) is 16.1 Å². The molecule has 1 aliphatic heterocycles. The average molecular weight is 496 g/mol. The molecular weight excluding hydrogens is 470 g/mol. The molecule has 9 nitrogen and oxygen atoms in total. The summed E-state index contributed by atoms with van der Waals surface area (Å²) in [5.41, 5.74) is 2.25. The van der Waals surface area contributed by atoms with Crippen LogP contribution in [0, 0.1) is 0 Å². The second-order valence-electron chi connectivity index (χ2n) is 9.11. The molecule has 0 unspecified atom stereocenters. The van der Waals surface area contributed by atoms with E-state index in [0.29, 0.717) is 38.2 Å². The van der Waals surface area contributed by atoms with E-state index in [2.05, 4.69) is 5.10 Å². The standard InChI is InChI=1S/C28H25N5O4/c34-25(30-12-14-31(15-13-30)27(35)24-11-6-16-37-24)19-33-28(36)26-22(17-29-33)21-9-4-5-10-23(21)32(26)18-20-7-2-1-3-8-20/h1-11,16-17H,12-15,18-19H2. The maximum absolute atomic E-state index is 13.6. The van der Waals surface area contributed by atoms with Gasteiger partial charge in [0.2, 0.25) is 5.91 Å². The van der Waals surface area contributed by atoms with Gasteiger partial charge in [0.15, 0.2) is 5.76 Å². The summed E-state index contributed by atoms with van der Waals surface area (Å²) < 4.78 is 8.44. The number of amides is 2. The summed E-state index contributed by atoms with van der Waals surface area (Å²) in [4.78, 5) is 42.6. The third kappa shape index (κ3) is 4.18. The Bertz CT molecular complexity index is 1650. The van der Waals surface area contributed by atoms with Gasteiger partial charge in [0.1, 0.15) is 12.1 Å². The van der Waals surface area contributed by atoms with E-state index in [4.69, 9.17) is 4.42 Å². The lowest BCUT2D eigenvalue weighted by molar-refractivity contribution is -0.133. The third-order valence-electron chi connectivity index (χ3n) is 6.89. The van der Waals surface area contributed by atoms with Crippen LogP contribution in [0.2, 0.25) is 0 Å². The minimum Gasteiger partial charge on any atom is -0.459 e. The van der Waals surface area contributed by atoms with Gasteiger partial charge in [-0.3, -0.25) is 14.4 Å². The highest BCUT2D eigenvalue weighted by Crippen LogP contribution is 2.27. The van der Waals surface area contributed by atoms with Gasteiger partial charge in [0.25, 0.3) is 11.5 Å². The number of hydrogen-bond acceptors (Lipinski definition) is 5. The van der Waals surface area contributed by atoms with E-state index in [0.717, 1.165) is 21.9 Å². The van der Waals surface area contributed by atoms with Gasteiger partial charge in [-0.05, 0) is 23.8 Å². The van der Waals surface area contributed by atoms with Crippen molar-refractivity contribution in [2.75, 3.05) is 26.2 Å². The number of aromatic nitrogens is 3. The van der Waals surface area contributed by atoms with Crippen LogP contribution in [0.5, 0.6) is 0 Å². The molecule has 0 saturated carbocycles. The molecule has 0 aliphatic carbocycles. The topological polar surface area (TPSA) is 93.6 Å². The molecule has 1 fully saturated rings. The molecule has 186 valence electrons. The number of carbonyl (C=O) groups excluding carboxylic acids is 2. The fraction of sp³-hybridized carbons (Fsp3) is 0.214. The molecule has 3 aromatic heterocycles. The maximum atomic E-state index is 13.6. The third-order valence-corrected chi connectivity index (χ3v) is 6.89. The Labute approximate surface area is 212 Å². The Kier molecular flexibility index (Phi) is 5.80. The van der Waals surface area contributed by atoms with Crippen molar-refractivity contribution in [2.24, 2.45) is 0 Å². The fourth-order valence-corrected chi connectivity index (χ4v) is 4.98. The summed E-state index contributed by atoms with van der Waals surface area (Å²) in [6.45, 7) is 1.94.